The van der Waals surface area contributed by atoms with Crippen LogP contribution in [-0.2, 0) is 9.53 Å². The number of nitrogens with one attached hydrogen (secondary N) is 1. The monoisotopic (exact) mass is 227 g/mol. The van der Waals surface area contributed by atoms with E-state index >= 15 is 0 Å². The van der Waals surface area contributed by atoms with Gasteiger partial charge in [-0.15, -0.1) is 0 Å². The van der Waals surface area contributed by atoms with Crippen molar-refractivity contribution in [1.29, 1.82) is 0 Å². The highest BCUT2D eigenvalue weighted by atomic mass is 16.5. The van der Waals surface area contributed by atoms with E-state index in [9.17, 15) is 4.79 Å². The second kappa shape index (κ2) is 6.89. The van der Waals surface area contributed by atoms with Crippen LogP contribution >= 0.6 is 0 Å². The third-order valence-corrected chi connectivity index (χ3v) is 3.24. The van der Waals surface area contributed by atoms with Crippen LogP contribution in [0, 0.1) is 11.8 Å². The maximum atomic E-state index is 11.5. The molecule has 0 saturated heterocycles. The molecule has 3 heteroatoms. The quantitative estimate of drug-likeness (QED) is 0.579. The fourth-order valence-electron chi connectivity index (χ4n) is 2.62. The second-order valence-corrected chi connectivity index (χ2v) is 5.24. The zero-order chi connectivity index (χ0) is 12.0. The molecule has 0 radical (unpaired) electrons. The van der Waals surface area contributed by atoms with Crippen molar-refractivity contribution in [3.05, 3.63) is 0 Å². The Kier molecular flexibility index (Phi) is 5.81. The summed E-state index contributed by atoms with van der Waals surface area (Å²) in [5.41, 5.74) is 0. The van der Waals surface area contributed by atoms with Crippen LogP contribution in [0.15, 0.2) is 0 Å². The fraction of sp³-hybridized carbons (Fsp3) is 0.923. The highest BCUT2D eigenvalue weighted by Crippen LogP contribution is 2.30. The van der Waals surface area contributed by atoms with Crippen molar-refractivity contribution in [2.75, 3.05) is 13.6 Å². The van der Waals surface area contributed by atoms with Crippen LogP contribution in [0.2, 0.25) is 0 Å². The summed E-state index contributed by atoms with van der Waals surface area (Å²) >= 11 is 0. The number of ether oxygens (including phenoxy) is 1. The van der Waals surface area contributed by atoms with E-state index in [-0.39, 0.29) is 12.1 Å². The van der Waals surface area contributed by atoms with E-state index < -0.39 is 0 Å². The average Bonchev–Trinajstić information content (AvgIpc) is 2.16. The van der Waals surface area contributed by atoms with Crippen LogP contribution in [-0.4, -0.2) is 25.7 Å². The first-order valence-electron chi connectivity index (χ1n) is 6.46. The first-order valence-corrected chi connectivity index (χ1v) is 6.46. The topological polar surface area (TPSA) is 38.3 Å². The Morgan fingerprint density at radius 2 is 1.88 bits per heavy atom. The van der Waals surface area contributed by atoms with Crippen molar-refractivity contribution in [3.63, 3.8) is 0 Å². The lowest BCUT2D eigenvalue weighted by Crippen LogP contribution is -2.28. The van der Waals surface area contributed by atoms with E-state index in [4.69, 9.17) is 4.74 Å². The molecule has 0 spiro atoms. The zero-order valence-electron chi connectivity index (χ0n) is 10.8. The molecule has 1 saturated carbocycles. The van der Waals surface area contributed by atoms with Crippen LogP contribution in [0.4, 0.5) is 0 Å². The molecule has 0 aliphatic heterocycles. The van der Waals surface area contributed by atoms with Gasteiger partial charge >= 0.3 is 5.97 Å². The van der Waals surface area contributed by atoms with Gasteiger partial charge in [-0.05, 0) is 51.1 Å². The number of carbonyl (C=O) groups excluding carboxylic acids is 1. The molecule has 1 aliphatic rings. The summed E-state index contributed by atoms with van der Waals surface area (Å²) in [6.45, 7) is 5.38. The van der Waals surface area contributed by atoms with E-state index in [2.05, 4.69) is 19.2 Å². The SMILES string of the molecule is CNCCCC(=O)OC1CC(C)CC(C)C1. The van der Waals surface area contributed by atoms with Crippen molar-refractivity contribution in [1.82, 2.24) is 5.32 Å². The Hall–Kier alpha value is -0.570. The lowest BCUT2D eigenvalue weighted by molar-refractivity contribution is -0.152. The van der Waals surface area contributed by atoms with Gasteiger partial charge in [0.2, 0.25) is 0 Å². The summed E-state index contributed by atoms with van der Waals surface area (Å²) in [7, 11) is 1.90. The summed E-state index contributed by atoms with van der Waals surface area (Å²) < 4.78 is 5.51. The van der Waals surface area contributed by atoms with Crippen molar-refractivity contribution in [2.45, 2.75) is 52.1 Å². The molecule has 0 aromatic rings. The van der Waals surface area contributed by atoms with Gasteiger partial charge in [0.05, 0.1) is 0 Å². The van der Waals surface area contributed by atoms with Gasteiger partial charge in [-0.2, -0.15) is 0 Å². The summed E-state index contributed by atoms with van der Waals surface area (Å²) in [5.74, 6) is 1.36. The molecule has 0 aromatic heterocycles. The number of carbonyl (C=O) groups is 1. The molecule has 2 atom stereocenters. The molecule has 1 N–H and O–H groups in total. The highest BCUT2D eigenvalue weighted by Gasteiger charge is 2.26. The first-order chi connectivity index (χ1) is 7.61. The predicted octanol–water partition coefficient (Wildman–Crippen LogP) is 2.35. The largest absolute Gasteiger partial charge is 0.462 e. The second-order valence-electron chi connectivity index (χ2n) is 5.24. The van der Waals surface area contributed by atoms with Crippen molar-refractivity contribution < 1.29 is 9.53 Å². The normalized spacial score (nSPS) is 30.1. The van der Waals surface area contributed by atoms with Gasteiger partial charge in [0.25, 0.3) is 0 Å². The molecular formula is C13H25NO2. The van der Waals surface area contributed by atoms with Crippen LogP contribution in [0.5, 0.6) is 0 Å². The van der Waals surface area contributed by atoms with E-state index in [0.717, 1.165) is 25.8 Å². The molecule has 0 aromatic carbocycles. The number of hydrogen-bond acceptors (Lipinski definition) is 3. The number of hydrogen-bond donors (Lipinski definition) is 1. The summed E-state index contributed by atoms with van der Waals surface area (Å²) in [5, 5.41) is 3.03. The third-order valence-electron chi connectivity index (χ3n) is 3.24. The molecular weight excluding hydrogens is 202 g/mol. The van der Waals surface area contributed by atoms with E-state index in [1.165, 1.54) is 6.42 Å². The van der Waals surface area contributed by atoms with Gasteiger partial charge in [0.15, 0.2) is 0 Å². The van der Waals surface area contributed by atoms with E-state index in [1.54, 1.807) is 0 Å². The number of esters is 1. The minimum atomic E-state index is -0.0263. The molecule has 2 unspecified atom stereocenters. The van der Waals surface area contributed by atoms with Gasteiger partial charge in [0, 0.05) is 6.42 Å². The molecule has 16 heavy (non-hydrogen) atoms. The Balaban J connectivity index is 2.22. The number of rotatable bonds is 5. The van der Waals surface area contributed by atoms with Crippen LogP contribution in [0.3, 0.4) is 0 Å². The maximum Gasteiger partial charge on any atom is 0.306 e. The van der Waals surface area contributed by atoms with E-state index in [1.807, 2.05) is 7.05 Å². The Morgan fingerprint density at radius 3 is 2.44 bits per heavy atom. The standard InChI is InChI=1S/C13H25NO2/c1-10-7-11(2)9-12(8-10)16-13(15)5-4-6-14-3/h10-12,14H,4-9H2,1-3H3. The Labute approximate surface area is 98.9 Å². The maximum absolute atomic E-state index is 11.5. The van der Waals surface area contributed by atoms with Gasteiger partial charge in [-0.3, -0.25) is 4.79 Å². The van der Waals surface area contributed by atoms with Crippen LogP contribution in [0.25, 0.3) is 0 Å². The Morgan fingerprint density at radius 1 is 1.25 bits per heavy atom. The Bertz CT molecular complexity index is 208. The van der Waals surface area contributed by atoms with E-state index in [0.29, 0.717) is 18.3 Å². The van der Waals surface area contributed by atoms with Crippen LogP contribution < -0.4 is 5.32 Å². The lowest BCUT2D eigenvalue weighted by Gasteiger charge is -2.31. The smallest absolute Gasteiger partial charge is 0.306 e. The molecule has 94 valence electrons. The zero-order valence-corrected chi connectivity index (χ0v) is 10.8. The summed E-state index contributed by atoms with van der Waals surface area (Å²) in [4.78, 5) is 11.5. The predicted molar refractivity (Wildman–Crippen MR) is 65.2 cm³/mol. The van der Waals surface area contributed by atoms with Gasteiger partial charge in [-0.1, -0.05) is 13.8 Å². The van der Waals surface area contributed by atoms with Crippen LogP contribution in [0.1, 0.15) is 46.0 Å². The first kappa shape index (κ1) is 13.5. The summed E-state index contributed by atoms with van der Waals surface area (Å²) in [6.07, 6.45) is 4.94. The lowest BCUT2D eigenvalue weighted by atomic mass is 9.82. The molecule has 1 rings (SSSR count). The molecule has 1 aliphatic carbocycles. The highest BCUT2D eigenvalue weighted by molar-refractivity contribution is 5.69. The molecule has 0 heterocycles. The van der Waals surface area contributed by atoms with Gasteiger partial charge in [-0.25, -0.2) is 0 Å². The molecule has 3 nitrogen and oxygen atoms in total. The fourth-order valence-corrected chi connectivity index (χ4v) is 2.62. The minimum Gasteiger partial charge on any atom is -0.462 e. The van der Waals surface area contributed by atoms with Gasteiger partial charge < -0.3 is 10.1 Å². The minimum absolute atomic E-state index is 0.0263. The van der Waals surface area contributed by atoms with Gasteiger partial charge in [0.1, 0.15) is 6.10 Å². The van der Waals surface area contributed by atoms with Crippen molar-refractivity contribution in [3.8, 4) is 0 Å². The molecule has 0 bridgehead atoms. The molecule has 1 fully saturated rings. The average molecular weight is 227 g/mol. The van der Waals surface area contributed by atoms with Crippen molar-refractivity contribution in [2.24, 2.45) is 11.8 Å². The van der Waals surface area contributed by atoms with Crippen molar-refractivity contribution >= 4 is 5.97 Å². The molecule has 0 amide bonds. The third kappa shape index (κ3) is 4.97. The summed E-state index contributed by atoms with van der Waals surface area (Å²) in [6, 6.07) is 0.